The Hall–Kier alpha value is -1.94. The summed E-state index contributed by atoms with van der Waals surface area (Å²) in [7, 11) is 0. The minimum atomic E-state index is -0.293. The summed E-state index contributed by atoms with van der Waals surface area (Å²) in [5.74, 6) is -0.275. The SMILES string of the molecule is O=C(Cc1ccc(F)cc1)c1c[nH]c2cc(Br)ccc12. The number of carbonyl (C=O) groups is 1. The molecule has 1 N–H and O–H groups in total. The van der Waals surface area contributed by atoms with Crippen molar-refractivity contribution in [3.05, 3.63) is 70.1 Å². The Morgan fingerprint density at radius 2 is 1.90 bits per heavy atom. The van der Waals surface area contributed by atoms with E-state index in [4.69, 9.17) is 0 Å². The number of nitrogens with one attached hydrogen (secondary N) is 1. The first kappa shape index (κ1) is 13.1. The number of aromatic nitrogens is 1. The Bertz CT molecular complexity index is 777. The highest BCUT2D eigenvalue weighted by molar-refractivity contribution is 9.10. The minimum Gasteiger partial charge on any atom is -0.360 e. The third kappa shape index (κ3) is 2.51. The number of carbonyl (C=O) groups excluding carboxylic acids is 1. The first-order valence-electron chi connectivity index (χ1n) is 6.18. The summed E-state index contributed by atoms with van der Waals surface area (Å²) >= 11 is 3.40. The molecular weight excluding hydrogens is 321 g/mol. The highest BCUT2D eigenvalue weighted by atomic mass is 79.9. The van der Waals surface area contributed by atoms with Crippen LogP contribution in [0.25, 0.3) is 10.9 Å². The van der Waals surface area contributed by atoms with Crippen molar-refractivity contribution in [2.45, 2.75) is 6.42 Å². The van der Waals surface area contributed by atoms with E-state index in [1.54, 1.807) is 18.3 Å². The molecule has 2 nitrogen and oxygen atoms in total. The molecule has 0 aliphatic heterocycles. The molecule has 100 valence electrons. The summed E-state index contributed by atoms with van der Waals surface area (Å²) in [5, 5.41) is 0.903. The minimum absolute atomic E-state index is 0.0187. The molecule has 0 spiro atoms. The van der Waals surface area contributed by atoms with Crippen molar-refractivity contribution in [3.63, 3.8) is 0 Å². The van der Waals surface area contributed by atoms with Gasteiger partial charge < -0.3 is 4.98 Å². The highest BCUT2D eigenvalue weighted by Gasteiger charge is 2.12. The fourth-order valence-corrected chi connectivity index (χ4v) is 2.57. The van der Waals surface area contributed by atoms with E-state index >= 15 is 0 Å². The highest BCUT2D eigenvalue weighted by Crippen LogP contribution is 2.23. The molecular formula is C16H11BrFNO. The largest absolute Gasteiger partial charge is 0.360 e. The van der Waals surface area contributed by atoms with Crippen LogP contribution < -0.4 is 0 Å². The maximum absolute atomic E-state index is 12.8. The predicted octanol–water partition coefficient (Wildman–Crippen LogP) is 4.49. The molecule has 0 saturated carbocycles. The van der Waals surface area contributed by atoms with Gasteiger partial charge in [0.25, 0.3) is 0 Å². The van der Waals surface area contributed by atoms with Crippen LogP contribution in [-0.2, 0) is 6.42 Å². The van der Waals surface area contributed by atoms with Gasteiger partial charge in [0.05, 0.1) is 0 Å². The molecule has 0 saturated heterocycles. The average Bonchev–Trinajstić information content (AvgIpc) is 2.84. The van der Waals surface area contributed by atoms with Crippen molar-refractivity contribution in [1.82, 2.24) is 4.98 Å². The van der Waals surface area contributed by atoms with E-state index in [-0.39, 0.29) is 18.0 Å². The van der Waals surface area contributed by atoms with Crippen molar-refractivity contribution in [1.29, 1.82) is 0 Å². The van der Waals surface area contributed by atoms with Gasteiger partial charge in [-0.15, -0.1) is 0 Å². The van der Waals surface area contributed by atoms with Crippen molar-refractivity contribution < 1.29 is 9.18 Å². The molecule has 0 aliphatic rings. The number of H-pyrrole nitrogens is 1. The van der Waals surface area contributed by atoms with E-state index in [2.05, 4.69) is 20.9 Å². The number of hydrogen-bond donors (Lipinski definition) is 1. The maximum Gasteiger partial charge on any atom is 0.169 e. The average molecular weight is 332 g/mol. The second-order valence-electron chi connectivity index (χ2n) is 4.62. The molecule has 0 aliphatic carbocycles. The number of Topliss-reactive ketones (excluding diaryl/α,β-unsaturated/α-hetero) is 1. The standard InChI is InChI=1S/C16H11BrFNO/c17-11-3-6-13-14(9-19-15(13)8-11)16(20)7-10-1-4-12(18)5-2-10/h1-6,8-9,19H,7H2. The molecule has 2 aromatic carbocycles. The van der Waals surface area contributed by atoms with Gasteiger partial charge in [0.15, 0.2) is 5.78 Å². The Kier molecular flexibility index (Phi) is 3.40. The van der Waals surface area contributed by atoms with E-state index < -0.39 is 0 Å². The Morgan fingerprint density at radius 3 is 2.65 bits per heavy atom. The number of aromatic amines is 1. The van der Waals surface area contributed by atoms with Crippen LogP contribution in [0, 0.1) is 5.82 Å². The molecule has 3 rings (SSSR count). The zero-order valence-electron chi connectivity index (χ0n) is 10.5. The van der Waals surface area contributed by atoms with Crippen LogP contribution in [0.5, 0.6) is 0 Å². The predicted molar refractivity (Wildman–Crippen MR) is 80.4 cm³/mol. The normalized spacial score (nSPS) is 10.9. The molecule has 3 aromatic rings. The summed E-state index contributed by atoms with van der Waals surface area (Å²) in [6, 6.07) is 11.8. The molecule has 1 heterocycles. The van der Waals surface area contributed by atoms with E-state index in [0.717, 1.165) is 20.9 Å². The number of fused-ring (bicyclic) bond motifs is 1. The monoisotopic (exact) mass is 331 g/mol. The Labute approximate surface area is 123 Å². The third-order valence-corrected chi connectivity index (χ3v) is 3.72. The van der Waals surface area contributed by atoms with Crippen molar-refractivity contribution in [2.24, 2.45) is 0 Å². The molecule has 4 heteroatoms. The van der Waals surface area contributed by atoms with E-state index in [0.29, 0.717) is 5.56 Å². The van der Waals surface area contributed by atoms with Crippen LogP contribution in [0.15, 0.2) is 53.1 Å². The van der Waals surface area contributed by atoms with Crippen LogP contribution in [0.1, 0.15) is 15.9 Å². The molecule has 0 unspecified atom stereocenters. The van der Waals surface area contributed by atoms with Gasteiger partial charge in [-0.1, -0.05) is 34.1 Å². The van der Waals surface area contributed by atoms with Crippen LogP contribution in [0.4, 0.5) is 4.39 Å². The topological polar surface area (TPSA) is 32.9 Å². The number of halogens is 2. The summed E-state index contributed by atoms with van der Waals surface area (Å²) in [6.45, 7) is 0. The summed E-state index contributed by atoms with van der Waals surface area (Å²) in [5.41, 5.74) is 2.39. The number of rotatable bonds is 3. The van der Waals surface area contributed by atoms with Gasteiger partial charge >= 0.3 is 0 Å². The van der Waals surface area contributed by atoms with Gasteiger partial charge in [0.1, 0.15) is 5.82 Å². The molecule has 0 radical (unpaired) electrons. The summed E-state index contributed by atoms with van der Waals surface area (Å²) < 4.78 is 13.8. The van der Waals surface area contributed by atoms with Gasteiger partial charge in [0, 0.05) is 33.6 Å². The first-order valence-corrected chi connectivity index (χ1v) is 6.97. The van der Waals surface area contributed by atoms with Gasteiger partial charge in [-0.3, -0.25) is 4.79 Å². The van der Waals surface area contributed by atoms with Crippen LogP contribution in [0.3, 0.4) is 0 Å². The number of benzene rings is 2. The third-order valence-electron chi connectivity index (χ3n) is 3.22. The van der Waals surface area contributed by atoms with Crippen molar-refractivity contribution in [3.8, 4) is 0 Å². The maximum atomic E-state index is 12.8. The lowest BCUT2D eigenvalue weighted by Crippen LogP contribution is -2.02. The quantitative estimate of drug-likeness (QED) is 0.704. The molecule has 1 aromatic heterocycles. The molecule has 0 atom stereocenters. The fourth-order valence-electron chi connectivity index (χ4n) is 2.21. The molecule has 0 amide bonds. The molecule has 0 bridgehead atoms. The smallest absolute Gasteiger partial charge is 0.169 e. The van der Waals surface area contributed by atoms with Crippen LogP contribution in [-0.4, -0.2) is 10.8 Å². The fraction of sp³-hybridized carbons (Fsp3) is 0.0625. The van der Waals surface area contributed by atoms with Crippen molar-refractivity contribution in [2.75, 3.05) is 0 Å². The second-order valence-corrected chi connectivity index (χ2v) is 5.53. The second kappa shape index (κ2) is 5.21. The van der Waals surface area contributed by atoms with E-state index in [1.807, 2.05) is 18.2 Å². The number of ketones is 1. The van der Waals surface area contributed by atoms with Gasteiger partial charge in [-0.05, 0) is 29.8 Å². The zero-order valence-corrected chi connectivity index (χ0v) is 12.1. The van der Waals surface area contributed by atoms with Gasteiger partial charge in [-0.25, -0.2) is 4.39 Å². The lowest BCUT2D eigenvalue weighted by molar-refractivity contribution is 0.0994. The molecule has 20 heavy (non-hydrogen) atoms. The van der Waals surface area contributed by atoms with E-state index in [1.165, 1.54) is 12.1 Å². The Morgan fingerprint density at radius 1 is 1.15 bits per heavy atom. The van der Waals surface area contributed by atoms with Crippen LogP contribution in [0.2, 0.25) is 0 Å². The summed E-state index contributed by atoms with van der Waals surface area (Å²) in [4.78, 5) is 15.4. The lowest BCUT2D eigenvalue weighted by Gasteiger charge is -2.01. The number of hydrogen-bond acceptors (Lipinski definition) is 1. The van der Waals surface area contributed by atoms with Gasteiger partial charge in [0.2, 0.25) is 0 Å². The van der Waals surface area contributed by atoms with Crippen molar-refractivity contribution >= 4 is 32.6 Å². The van der Waals surface area contributed by atoms with E-state index in [9.17, 15) is 9.18 Å². The van der Waals surface area contributed by atoms with Gasteiger partial charge in [-0.2, -0.15) is 0 Å². The Balaban J connectivity index is 1.91. The lowest BCUT2D eigenvalue weighted by atomic mass is 10.0. The first-order chi connectivity index (χ1) is 9.63. The van der Waals surface area contributed by atoms with Crippen LogP contribution >= 0.6 is 15.9 Å². The molecule has 0 fully saturated rings. The zero-order chi connectivity index (χ0) is 14.1. The summed E-state index contributed by atoms with van der Waals surface area (Å²) in [6.07, 6.45) is 1.99.